The molecule has 0 aliphatic rings. The number of methoxy groups -OCH3 is 2. The van der Waals surface area contributed by atoms with Crippen LogP contribution in [-0.2, 0) is 16.1 Å². The van der Waals surface area contributed by atoms with Crippen molar-refractivity contribution in [2.24, 2.45) is 0 Å². The molecule has 0 bridgehead atoms. The van der Waals surface area contributed by atoms with Gasteiger partial charge in [-0.15, -0.1) is 0 Å². The fourth-order valence-electron chi connectivity index (χ4n) is 3.69. The van der Waals surface area contributed by atoms with Crippen molar-refractivity contribution in [1.82, 2.24) is 0 Å². The predicted molar refractivity (Wildman–Crippen MR) is 135 cm³/mol. The summed E-state index contributed by atoms with van der Waals surface area (Å²) in [6.45, 7) is 4.93. The third-order valence-electron chi connectivity index (χ3n) is 5.80. The van der Waals surface area contributed by atoms with E-state index in [9.17, 15) is 9.18 Å². The highest BCUT2D eigenvalue weighted by Crippen LogP contribution is 2.35. The maximum atomic E-state index is 14.7. The Morgan fingerprint density at radius 3 is 2.51 bits per heavy atom. The van der Waals surface area contributed by atoms with Gasteiger partial charge in [-0.1, -0.05) is 44.5 Å². The first-order valence-electron chi connectivity index (χ1n) is 11.8. The third kappa shape index (κ3) is 7.22. The first-order valence-corrected chi connectivity index (χ1v) is 11.8. The molecule has 0 fully saturated rings. The average molecular weight is 481 g/mol. The molecule has 3 aromatic rings. The van der Waals surface area contributed by atoms with Gasteiger partial charge in [-0.3, -0.25) is 4.79 Å². The van der Waals surface area contributed by atoms with Gasteiger partial charge < -0.3 is 18.9 Å². The molecule has 0 radical (unpaired) electrons. The van der Waals surface area contributed by atoms with Crippen LogP contribution in [0.2, 0.25) is 0 Å². The van der Waals surface area contributed by atoms with Gasteiger partial charge in [-0.2, -0.15) is 0 Å². The van der Waals surface area contributed by atoms with E-state index in [0.717, 1.165) is 24.0 Å². The van der Waals surface area contributed by atoms with Crippen molar-refractivity contribution < 1.29 is 28.1 Å². The van der Waals surface area contributed by atoms with Crippen molar-refractivity contribution in [2.45, 2.75) is 45.6 Å². The van der Waals surface area contributed by atoms with Crippen LogP contribution in [0.1, 0.15) is 50.2 Å². The van der Waals surface area contributed by atoms with E-state index in [1.807, 2.05) is 49.4 Å². The second-order valence-electron chi connectivity index (χ2n) is 8.42. The zero-order valence-electron chi connectivity index (χ0n) is 20.8. The van der Waals surface area contributed by atoms with E-state index in [-0.39, 0.29) is 17.7 Å². The molecule has 5 nitrogen and oxygen atoms in total. The van der Waals surface area contributed by atoms with E-state index < -0.39 is 0 Å². The molecule has 1 atom stereocenters. The minimum absolute atomic E-state index is 0.0154. The molecule has 0 saturated carbocycles. The quantitative estimate of drug-likeness (QED) is 0.208. The smallest absolute Gasteiger partial charge is 0.306 e. The van der Waals surface area contributed by atoms with E-state index in [2.05, 4.69) is 6.92 Å². The fraction of sp³-hybridized carbons (Fsp3) is 0.345. The van der Waals surface area contributed by atoms with Crippen molar-refractivity contribution in [2.75, 3.05) is 20.8 Å². The molecule has 186 valence electrons. The van der Waals surface area contributed by atoms with Gasteiger partial charge in [0.25, 0.3) is 0 Å². The van der Waals surface area contributed by atoms with Crippen LogP contribution in [0.15, 0.2) is 60.7 Å². The average Bonchev–Trinajstić information content (AvgIpc) is 2.88. The highest BCUT2D eigenvalue weighted by atomic mass is 19.1. The van der Waals surface area contributed by atoms with Crippen molar-refractivity contribution in [3.63, 3.8) is 0 Å². The van der Waals surface area contributed by atoms with Crippen LogP contribution < -0.4 is 14.2 Å². The summed E-state index contributed by atoms with van der Waals surface area (Å²) in [6, 6.07) is 18.0. The Balaban J connectivity index is 1.80. The number of unbranched alkanes of at least 4 members (excludes halogenated alkanes) is 1. The van der Waals surface area contributed by atoms with Gasteiger partial charge in [0.15, 0.2) is 0 Å². The van der Waals surface area contributed by atoms with E-state index in [4.69, 9.17) is 18.9 Å². The van der Waals surface area contributed by atoms with Crippen molar-refractivity contribution in [3.05, 3.63) is 77.6 Å². The summed E-state index contributed by atoms with van der Waals surface area (Å²) < 4.78 is 36.8. The number of carbonyl (C=O) groups is 1. The summed E-state index contributed by atoms with van der Waals surface area (Å²) >= 11 is 0. The lowest BCUT2D eigenvalue weighted by atomic mass is 9.98. The summed E-state index contributed by atoms with van der Waals surface area (Å²) in [4.78, 5) is 11.6. The predicted octanol–water partition coefficient (Wildman–Crippen LogP) is 6.93. The lowest BCUT2D eigenvalue weighted by Crippen LogP contribution is -2.06. The first-order chi connectivity index (χ1) is 16.9. The van der Waals surface area contributed by atoms with Crippen LogP contribution in [-0.4, -0.2) is 26.8 Å². The van der Waals surface area contributed by atoms with Crippen LogP contribution in [0.3, 0.4) is 0 Å². The van der Waals surface area contributed by atoms with Crippen LogP contribution in [0.25, 0.3) is 11.1 Å². The second kappa shape index (κ2) is 12.8. The number of ether oxygens (including phenoxy) is 4. The molecule has 0 amide bonds. The number of carbonyl (C=O) groups excluding carboxylic acids is 1. The summed E-state index contributed by atoms with van der Waals surface area (Å²) in [5.74, 6) is 1.32. The minimum Gasteiger partial charge on any atom is -0.497 e. The third-order valence-corrected chi connectivity index (χ3v) is 5.80. The minimum atomic E-state index is -0.340. The Hall–Kier alpha value is -3.54. The summed E-state index contributed by atoms with van der Waals surface area (Å²) in [5.41, 5.74) is 2.99. The number of hydrogen-bond donors (Lipinski definition) is 0. The van der Waals surface area contributed by atoms with Gasteiger partial charge in [0, 0.05) is 11.1 Å². The molecule has 0 aromatic heterocycles. The number of hydrogen-bond acceptors (Lipinski definition) is 5. The molecular formula is C29H33FO5. The molecule has 0 heterocycles. The van der Waals surface area contributed by atoms with Crippen molar-refractivity contribution in [1.29, 1.82) is 0 Å². The highest BCUT2D eigenvalue weighted by Gasteiger charge is 2.15. The first kappa shape index (κ1) is 26.1. The molecule has 0 aliphatic carbocycles. The number of rotatable bonds is 12. The molecule has 3 rings (SSSR count). The van der Waals surface area contributed by atoms with Crippen LogP contribution in [0.5, 0.6) is 17.2 Å². The SMILES string of the molecule is CCCCOc1cc(COc2cccc([C@H](C)CC(=O)OC)c2)ccc1-c1cc(OC)ccc1F. The molecule has 0 aliphatic heterocycles. The van der Waals surface area contributed by atoms with Gasteiger partial charge in [-0.25, -0.2) is 4.39 Å². The maximum absolute atomic E-state index is 14.7. The summed E-state index contributed by atoms with van der Waals surface area (Å²) in [7, 11) is 2.95. The Bertz CT molecular complexity index is 1130. The Morgan fingerprint density at radius 2 is 1.77 bits per heavy atom. The molecule has 3 aromatic carbocycles. The molecule has 0 unspecified atom stereocenters. The van der Waals surface area contributed by atoms with Gasteiger partial charge in [0.2, 0.25) is 0 Å². The second-order valence-corrected chi connectivity index (χ2v) is 8.42. The summed E-state index contributed by atoms with van der Waals surface area (Å²) in [6.07, 6.45) is 2.20. The molecule has 35 heavy (non-hydrogen) atoms. The van der Waals surface area contributed by atoms with Crippen LogP contribution >= 0.6 is 0 Å². The molecule has 6 heteroatoms. The zero-order chi connectivity index (χ0) is 25.2. The zero-order valence-corrected chi connectivity index (χ0v) is 20.8. The van der Waals surface area contributed by atoms with E-state index in [1.54, 1.807) is 19.2 Å². The van der Waals surface area contributed by atoms with E-state index in [1.165, 1.54) is 13.2 Å². The normalized spacial score (nSPS) is 11.6. The molecular weight excluding hydrogens is 447 g/mol. The largest absolute Gasteiger partial charge is 0.497 e. The lowest BCUT2D eigenvalue weighted by molar-refractivity contribution is -0.140. The topological polar surface area (TPSA) is 54.0 Å². The van der Waals surface area contributed by atoms with Crippen molar-refractivity contribution in [3.8, 4) is 28.4 Å². The van der Waals surface area contributed by atoms with Gasteiger partial charge in [0.1, 0.15) is 29.7 Å². The van der Waals surface area contributed by atoms with Crippen LogP contribution in [0.4, 0.5) is 4.39 Å². The fourth-order valence-corrected chi connectivity index (χ4v) is 3.69. The number of benzene rings is 3. The maximum Gasteiger partial charge on any atom is 0.306 e. The molecule has 0 saturated heterocycles. The Kier molecular flexibility index (Phi) is 9.53. The number of halogens is 1. The lowest BCUT2D eigenvalue weighted by Gasteiger charge is -2.16. The van der Waals surface area contributed by atoms with E-state index >= 15 is 0 Å². The Morgan fingerprint density at radius 1 is 0.943 bits per heavy atom. The van der Waals surface area contributed by atoms with Crippen molar-refractivity contribution >= 4 is 5.97 Å². The van der Waals surface area contributed by atoms with Gasteiger partial charge >= 0.3 is 5.97 Å². The molecule has 0 N–H and O–H groups in total. The monoisotopic (exact) mass is 480 g/mol. The molecule has 0 spiro atoms. The van der Waals surface area contributed by atoms with Gasteiger partial charge in [-0.05, 0) is 59.9 Å². The number of esters is 1. The van der Waals surface area contributed by atoms with Gasteiger partial charge in [0.05, 0.1) is 27.2 Å². The Labute approximate surface area is 206 Å². The van der Waals surface area contributed by atoms with Crippen LogP contribution in [0, 0.1) is 5.82 Å². The highest BCUT2D eigenvalue weighted by molar-refractivity contribution is 5.73. The van der Waals surface area contributed by atoms with E-state index in [0.29, 0.717) is 48.0 Å². The standard InChI is InChI=1S/C29H33FO5/c1-5-6-14-34-28-16-21(10-12-25(28)26-18-23(32-3)11-13-27(26)30)19-35-24-9-7-8-22(17-24)20(2)15-29(31)33-4/h7-13,16-18,20H,5-6,14-15,19H2,1-4H3/t20-/m1/s1. The summed E-state index contributed by atoms with van der Waals surface area (Å²) in [5, 5.41) is 0.